The highest BCUT2D eigenvalue weighted by atomic mass is 32.1. The summed E-state index contributed by atoms with van der Waals surface area (Å²) in [6.45, 7) is 8.24. The fraction of sp³-hybridized carbons (Fsp3) is 0.469. The Balaban J connectivity index is 1.04. The number of nitrogens with one attached hydrogen (secondary N) is 1. The second kappa shape index (κ2) is 14.7. The summed E-state index contributed by atoms with van der Waals surface area (Å²) >= 11 is 1.75. The number of unbranched alkanes of at least 4 members (excludes halogenated alkanes) is 1. The van der Waals surface area contributed by atoms with Crippen LogP contribution in [0.2, 0.25) is 0 Å². The van der Waals surface area contributed by atoms with Gasteiger partial charge in [0.15, 0.2) is 6.73 Å². The minimum Gasteiger partial charge on any atom is -0.494 e. The number of ether oxygens (including phenoxy) is 2. The molecular formula is C32H42N4O7PS+. The Morgan fingerprint density at radius 2 is 1.80 bits per heavy atom. The summed E-state index contributed by atoms with van der Waals surface area (Å²) in [4.78, 5) is 29.7. The Kier molecular flexibility index (Phi) is 10.5. The summed E-state index contributed by atoms with van der Waals surface area (Å²) in [7, 11) is -4.21. The molecule has 0 amide bonds. The van der Waals surface area contributed by atoms with E-state index in [1.807, 2.05) is 18.2 Å². The van der Waals surface area contributed by atoms with Crippen molar-refractivity contribution in [3.8, 4) is 5.75 Å². The lowest BCUT2D eigenvalue weighted by molar-refractivity contribution is -0.943. The number of aromatic amines is 1. The van der Waals surface area contributed by atoms with Crippen LogP contribution in [0.15, 0.2) is 64.8 Å². The van der Waals surface area contributed by atoms with Crippen LogP contribution in [0.5, 0.6) is 5.75 Å². The number of fused-ring (bicyclic) bond motifs is 2. The number of rotatable bonds is 14. The monoisotopic (exact) mass is 657 g/mol. The average Bonchev–Trinajstić information content (AvgIpc) is 3.54. The second-order valence-electron chi connectivity index (χ2n) is 11.8. The number of benzene rings is 2. The van der Waals surface area contributed by atoms with E-state index < -0.39 is 7.82 Å². The van der Waals surface area contributed by atoms with Crippen LogP contribution in [0, 0.1) is 0 Å². The van der Waals surface area contributed by atoms with E-state index in [4.69, 9.17) is 18.5 Å². The van der Waals surface area contributed by atoms with Gasteiger partial charge in [0.1, 0.15) is 5.75 Å². The Morgan fingerprint density at radius 1 is 0.978 bits per heavy atom. The van der Waals surface area contributed by atoms with Crippen LogP contribution in [0.25, 0.3) is 21.0 Å². The molecule has 4 aromatic rings. The predicted molar refractivity (Wildman–Crippen MR) is 177 cm³/mol. The first kappa shape index (κ1) is 32.2. The number of hydrogen-bond donors (Lipinski definition) is 2. The third kappa shape index (κ3) is 8.52. The Morgan fingerprint density at radius 3 is 2.64 bits per heavy atom. The first-order chi connectivity index (χ1) is 21.9. The van der Waals surface area contributed by atoms with Gasteiger partial charge in [-0.1, -0.05) is 6.07 Å². The smallest absolute Gasteiger partial charge is 0.476 e. The number of H-pyrrole nitrogens is 1. The van der Waals surface area contributed by atoms with Gasteiger partial charge in [0.05, 0.1) is 64.7 Å². The molecule has 0 aliphatic carbocycles. The molecule has 2 fully saturated rings. The number of piperazine rings is 1. The molecule has 0 radical (unpaired) electrons. The van der Waals surface area contributed by atoms with Crippen molar-refractivity contribution < 1.29 is 32.5 Å². The molecule has 0 spiro atoms. The molecular weight excluding hydrogens is 615 g/mol. The lowest BCUT2D eigenvalue weighted by Crippen LogP contribution is -2.60. The number of morpholine rings is 1. The third-order valence-electron chi connectivity index (χ3n) is 8.75. The maximum Gasteiger partial charge on any atom is 0.476 e. The van der Waals surface area contributed by atoms with Gasteiger partial charge in [-0.2, -0.15) is 0 Å². The van der Waals surface area contributed by atoms with Gasteiger partial charge in [0.25, 0.3) is 0 Å². The molecule has 2 N–H and O–H groups in total. The molecule has 1 unspecified atom stereocenters. The number of thiophene rings is 1. The van der Waals surface area contributed by atoms with Gasteiger partial charge in [-0.05, 0) is 60.0 Å². The summed E-state index contributed by atoms with van der Waals surface area (Å²) in [5.74, 6) is 0.711. The number of phosphoric ester groups is 1. The lowest BCUT2D eigenvalue weighted by atomic mass is 10.1. The summed E-state index contributed by atoms with van der Waals surface area (Å²) in [6.07, 6.45) is 1.68. The molecule has 2 aromatic heterocycles. The third-order valence-corrected chi connectivity index (χ3v) is 10.6. The molecule has 1 atom stereocenters. The first-order valence-electron chi connectivity index (χ1n) is 15.6. The predicted octanol–water partition coefficient (Wildman–Crippen LogP) is 4.66. The maximum absolute atomic E-state index is 12.9. The highest BCUT2D eigenvalue weighted by Gasteiger charge is 2.36. The summed E-state index contributed by atoms with van der Waals surface area (Å²) in [6, 6.07) is 17.6. The fourth-order valence-corrected chi connectivity index (χ4v) is 7.69. The summed E-state index contributed by atoms with van der Waals surface area (Å²) in [5.41, 5.74) is 1.84. The summed E-state index contributed by atoms with van der Waals surface area (Å²) in [5, 5.41) is 4.35. The molecule has 2 aliphatic rings. The van der Waals surface area contributed by atoms with E-state index in [0.717, 1.165) is 69.6 Å². The van der Waals surface area contributed by atoms with Crippen LogP contribution in [-0.4, -0.2) is 105 Å². The average molecular weight is 658 g/mol. The molecule has 0 bridgehead atoms. The molecule has 2 aromatic carbocycles. The number of pyridine rings is 1. The largest absolute Gasteiger partial charge is 0.494 e. The highest BCUT2D eigenvalue weighted by Crippen LogP contribution is 2.44. The quantitative estimate of drug-likeness (QED) is 0.114. The van der Waals surface area contributed by atoms with Crippen molar-refractivity contribution in [2.75, 3.05) is 90.4 Å². The maximum atomic E-state index is 12.9. The molecule has 11 nitrogen and oxygen atoms in total. The van der Waals surface area contributed by atoms with Crippen LogP contribution < -0.4 is 15.2 Å². The van der Waals surface area contributed by atoms with E-state index in [0.29, 0.717) is 36.6 Å². The molecule has 2 saturated heterocycles. The topological polar surface area (TPSA) is 114 Å². The van der Waals surface area contributed by atoms with Crippen LogP contribution >= 0.6 is 19.2 Å². The van der Waals surface area contributed by atoms with E-state index in [9.17, 15) is 14.3 Å². The highest BCUT2D eigenvalue weighted by molar-refractivity contribution is 7.47. The molecule has 6 rings (SSSR count). The van der Waals surface area contributed by atoms with E-state index in [1.54, 1.807) is 17.4 Å². The fourth-order valence-electron chi connectivity index (χ4n) is 6.10. The minimum atomic E-state index is -4.21. The Labute approximate surface area is 267 Å². The van der Waals surface area contributed by atoms with Crippen LogP contribution in [0.3, 0.4) is 0 Å². The van der Waals surface area contributed by atoms with E-state index >= 15 is 0 Å². The van der Waals surface area contributed by atoms with Crippen molar-refractivity contribution in [3.05, 3.63) is 70.3 Å². The van der Waals surface area contributed by atoms with Crippen molar-refractivity contribution in [2.45, 2.75) is 12.8 Å². The first-order valence-corrected chi connectivity index (χ1v) is 18.0. The van der Waals surface area contributed by atoms with E-state index in [-0.39, 0.29) is 18.9 Å². The second-order valence-corrected chi connectivity index (χ2v) is 14.2. The van der Waals surface area contributed by atoms with Gasteiger partial charge >= 0.3 is 7.82 Å². The SMILES string of the molecule is O=c1ccc2ccc(OCCCC[N+]3(COP(=O)(O)OCCN4CCOCC4)CCN(c4cccc5sccc45)CC3)cc2[nH]1. The number of aromatic nitrogens is 1. The molecule has 0 saturated carbocycles. The van der Waals surface area contributed by atoms with Gasteiger partial charge in [0, 0.05) is 47.5 Å². The number of hydrogen-bond acceptors (Lipinski definition) is 9. The number of phosphoric acid groups is 1. The molecule has 242 valence electrons. The Hall–Kier alpha value is -2.80. The molecule has 2 aliphatic heterocycles. The zero-order valence-electron chi connectivity index (χ0n) is 25.5. The van der Waals surface area contributed by atoms with Gasteiger partial charge < -0.3 is 24.3 Å². The minimum absolute atomic E-state index is 0.112. The van der Waals surface area contributed by atoms with Crippen molar-refractivity contribution in [1.29, 1.82) is 0 Å². The number of nitrogens with zero attached hydrogens (tertiary/aromatic N) is 3. The zero-order chi connectivity index (χ0) is 31.1. The molecule has 4 heterocycles. The van der Waals surface area contributed by atoms with Crippen molar-refractivity contribution >= 4 is 45.8 Å². The molecule has 13 heteroatoms. The zero-order valence-corrected chi connectivity index (χ0v) is 27.2. The van der Waals surface area contributed by atoms with Gasteiger partial charge in [0.2, 0.25) is 5.56 Å². The van der Waals surface area contributed by atoms with Gasteiger partial charge in [-0.25, -0.2) is 9.09 Å². The van der Waals surface area contributed by atoms with Crippen molar-refractivity contribution in [3.63, 3.8) is 0 Å². The van der Waals surface area contributed by atoms with Crippen LogP contribution in [0.4, 0.5) is 5.69 Å². The number of quaternary nitrogens is 1. The summed E-state index contributed by atoms with van der Waals surface area (Å²) < 4.78 is 37.2. The van der Waals surface area contributed by atoms with Crippen LogP contribution in [0.1, 0.15) is 12.8 Å². The van der Waals surface area contributed by atoms with E-state index in [2.05, 4.69) is 44.4 Å². The standard InChI is InChI=1S/C32H41N4O7PS/c37-32-9-7-26-6-8-27(24-29(26)33-32)41-19-2-1-16-36(25-43-44(38,39)42-22-15-34-13-20-40-21-14-34)17-11-35(12-18-36)30-4-3-5-31-28(30)10-23-45-31/h3-10,23-24H,1-2,11-22,25H2,(H-,33,37,38,39)/p+1. The lowest BCUT2D eigenvalue weighted by Gasteiger charge is -2.45. The van der Waals surface area contributed by atoms with Crippen molar-refractivity contribution in [1.82, 2.24) is 9.88 Å². The normalized spacial score (nSPS) is 18.7. The van der Waals surface area contributed by atoms with Gasteiger partial charge in [-0.3, -0.25) is 18.7 Å². The molecule has 45 heavy (non-hydrogen) atoms. The Bertz CT molecular complexity index is 1670. The van der Waals surface area contributed by atoms with E-state index in [1.165, 1.54) is 21.8 Å². The van der Waals surface area contributed by atoms with Crippen molar-refractivity contribution in [2.24, 2.45) is 0 Å². The van der Waals surface area contributed by atoms with Crippen LogP contribution in [-0.2, 0) is 18.3 Å². The number of anilines is 1. The van der Waals surface area contributed by atoms with Gasteiger partial charge in [-0.15, -0.1) is 11.3 Å².